The molecule has 90 valence electrons. The Morgan fingerprint density at radius 2 is 2.29 bits per heavy atom. The van der Waals surface area contributed by atoms with Crippen LogP contribution in [-0.4, -0.2) is 12.1 Å². The van der Waals surface area contributed by atoms with Gasteiger partial charge in [0.05, 0.1) is 36.2 Å². The zero-order chi connectivity index (χ0) is 12.3. The van der Waals surface area contributed by atoms with Crippen LogP contribution in [-0.2, 0) is 6.54 Å². The van der Waals surface area contributed by atoms with E-state index in [4.69, 9.17) is 10.5 Å². The molecule has 0 saturated heterocycles. The molecule has 0 atom stereocenters. The van der Waals surface area contributed by atoms with Crippen LogP contribution in [0.1, 0.15) is 10.6 Å². The van der Waals surface area contributed by atoms with Gasteiger partial charge in [-0.25, -0.2) is 4.98 Å². The summed E-state index contributed by atoms with van der Waals surface area (Å²) in [6.07, 6.45) is 0. The molecule has 0 amide bonds. The number of aromatic nitrogens is 1. The fourth-order valence-corrected chi connectivity index (χ4v) is 2.20. The molecule has 2 rings (SSSR count). The van der Waals surface area contributed by atoms with Crippen LogP contribution in [0.5, 0.6) is 5.75 Å². The molecule has 1 aromatic carbocycles. The second-order valence-corrected chi connectivity index (χ2v) is 4.61. The molecule has 0 unspecified atom stereocenters. The highest BCUT2D eigenvalue weighted by molar-refractivity contribution is 7.09. The Balaban J connectivity index is 2.11. The molecule has 0 radical (unpaired) electrons. The van der Waals surface area contributed by atoms with Gasteiger partial charge in [0.2, 0.25) is 0 Å². The first-order valence-corrected chi connectivity index (χ1v) is 6.15. The van der Waals surface area contributed by atoms with Gasteiger partial charge in [-0.2, -0.15) is 0 Å². The van der Waals surface area contributed by atoms with Crippen LogP contribution in [0.2, 0.25) is 0 Å². The average Bonchev–Trinajstić information content (AvgIpc) is 2.74. The molecule has 0 saturated carbocycles. The molecule has 17 heavy (non-hydrogen) atoms. The van der Waals surface area contributed by atoms with E-state index in [9.17, 15) is 0 Å². The maximum atomic E-state index is 5.89. The summed E-state index contributed by atoms with van der Waals surface area (Å²) in [5, 5.41) is 3.30. The Morgan fingerprint density at radius 1 is 1.47 bits per heavy atom. The monoisotopic (exact) mass is 249 g/mol. The molecule has 3 N–H and O–H groups in total. The minimum absolute atomic E-state index is 0.716. The van der Waals surface area contributed by atoms with Crippen molar-refractivity contribution >= 4 is 22.7 Å². The summed E-state index contributed by atoms with van der Waals surface area (Å²) in [5.74, 6) is 0.794. The van der Waals surface area contributed by atoms with Crippen LogP contribution in [0.15, 0.2) is 23.7 Å². The fourth-order valence-electron chi connectivity index (χ4n) is 1.49. The van der Waals surface area contributed by atoms with Crippen molar-refractivity contribution < 1.29 is 4.74 Å². The first-order valence-electron chi connectivity index (χ1n) is 5.27. The van der Waals surface area contributed by atoms with E-state index in [0.717, 1.165) is 23.7 Å². The van der Waals surface area contributed by atoms with Gasteiger partial charge >= 0.3 is 0 Å². The molecule has 1 heterocycles. The smallest absolute Gasteiger partial charge is 0.121 e. The highest BCUT2D eigenvalue weighted by Gasteiger charge is 2.04. The van der Waals surface area contributed by atoms with E-state index in [1.54, 1.807) is 18.4 Å². The molecular formula is C12H15N3OS. The van der Waals surface area contributed by atoms with Crippen LogP contribution in [0.3, 0.4) is 0 Å². The lowest BCUT2D eigenvalue weighted by molar-refractivity contribution is 0.415. The van der Waals surface area contributed by atoms with Crippen molar-refractivity contribution in [1.82, 2.24) is 4.98 Å². The summed E-state index contributed by atoms with van der Waals surface area (Å²) >= 11 is 1.64. The fraction of sp³-hybridized carbons (Fsp3) is 0.250. The number of hydrogen-bond acceptors (Lipinski definition) is 5. The number of methoxy groups -OCH3 is 1. The summed E-state index contributed by atoms with van der Waals surface area (Å²) in [6.45, 7) is 2.73. The van der Waals surface area contributed by atoms with Crippen LogP contribution in [0.25, 0.3) is 0 Å². The second kappa shape index (κ2) is 5.05. The minimum Gasteiger partial charge on any atom is -0.497 e. The van der Waals surface area contributed by atoms with Crippen molar-refractivity contribution in [3.63, 3.8) is 0 Å². The van der Waals surface area contributed by atoms with Gasteiger partial charge in [0.1, 0.15) is 5.75 Å². The first kappa shape index (κ1) is 11.7. The number of nitrogens with zero attached hydrogens (tertiary/aromatic N) is 1. The molecular weight excluding hydrogens is 234 g/mol. The zero-order valence-electron chi connectivity index (χ0n) is 9.86. The van der Waals surface area contributed by atoms with Crippen LogP contribution in [0, 0.1) is 6.92 Å². The van der Waals surface area contributed by atoms with E-state index in [2.05, 4.69) is 10.3 Å². The molecule has 0 aliphatic rings. The predicted molar refractivity (Wildman–Crippen MR) is 71.6 cm³/mol. The third-order valence-electron chi connectivity index (χ3n) is 2.54. The van der Waals surface area contributed by atoms with Crippen molar-refractivity contribution in [1.29, 1.82) is 0 Å². The maximum Gasteiger partial charge on any atom is 0.121 e. The van der Waals surface area contributed by atoms with Crippen LogP contribution >= 0.6 is 11.3 Å². The first-order chi connectivity index (χ1) is 8.20. The number of nitrogens with two attached hydrogens (primary N) is 1. The molecule has 1 aromatic heterocycles. The molecule has 5 heteroatoms. The van der Waals surface area contributed by atoms with E-state index in [1.807, 2.05) is 30.6 Å². The number of nitrogen functional groups attached to an aromatic ring is 1. The van der Waals surface area contributed by atoms with Gasteiger partial charge in [0, 0.05) is 10.9 Å². The number of hydrogen-bond donors (Lipinski definition) is 2. The second-order valence-electron chi connectivity index (χ2n) is 3.67. The highest BCUT2D eigenvalue weighted by atomic mass is 32.1. The Labute approximate surface area is 104 Å². The van der Waals surface area contributed by atoms with Crippen molar-refractivity contribution in [3.8, 4) is 5.75 Å². The topological polar surface area (TPSA) is 60.2 Å². The Morgan fingerprint density at radius 3 is 2.94 bits per heavy atom. The van der Waals surface area contributed by atoms with Gasteiger partial charge in [-0.15, -0.1) is 11.3 Å². The Bertz CT molecular complexity index is 510. The van der Waals surface area contributed by atoms with Crippen molar-refractivity contribution in [3.05, 3.63) is 34.3 Å². The van der Waals surface area contributed by atoms with Gasteiger partial charge in [0.25, 0.3) is 0 Å². The third kappa shape index (κ3) is 2.68. The average molecular weight is 249 g/mol. The number of ether oxygens (including phenoxy) is 1. The molecule has 0 aliphatic carbocycles. The summed E-state index contributed by atoms with van der Waals surface area (Å²) in [5.41, 5.74) is 10.4. The Hall–Kier alpha value is -1.75. The number of aryl methyl sites for hydroxylation is 1. The van der Waals surface area contributed by atoms with Crippen molar-refractivity contribution in [2.45, 2.75) is 13.5 Å². The number of nitrogens with one attached hydrogen (secondary N) is 1. The number of thiazole rings is 1. The molecule has 0 fully saturated rings. The van der Waals surface area contributed by atoms with Crippen molar-refractivity contribution in [2.75, 3.05) is 18.2 Å². The SMILES string of the molecule is COc1ccc(N)c(NCc2scnc2C)c1. The number of benzene rings is 1. The van der Waals surface area contributed by atoms with E-state index in [1.165, 1.54) is 4.88 Å². The van der Waals surface area contributed by atoms with E-state index in [-0.39, 0.29) is 0 Å². The van der Waals surface area contributed by atoms with Crippen molar-refractivity contribution in [2.24, 2.45) is 0 Å². The summed E-state index contributed by atoms with van der Waals surface area (Å²) in [7, 11) is 1.64. The lowest BCUT2D eigenvalue weighted by atomic mass is 10.2. The molecule has 2 aromatic rings. The summed E-state index contributed by atoms with van der Waals surface area (Å²) in [6, 6.07) is 5.57. The Kier molecular flexibility index (Phi) is 3.49. The van der Waals surface area contributed by atoms with Crippen LogP contribution in [0.4, 0.5) is 11.4 Å². The normalized spacial score (nSPS) is 10.2. The summed E-state index contributed by atoms with van der Waals surface area (Å²) < 4.78 is 5.17. The van der Waals surface area contributed by atoms with Gasteiger partial charge in [-0.1, -0.05) is 0 Å². The number of anilines is 2. The van der Waals surface area contributed by atoms with Gasteiger partial charge in [0.15, 0.2) is 0 Å². The molecule has 0 bridgehead atoms. The number of rotatable bonds is 4. The molecule has 0 spiro atoms. The van der Waals surface area contributed by atoms with E-state index < -0.39 is 0 Å². The minimum atomic E-state index is 0.716. The van der Waals surface area contributed by atoms with Gasteiger partial charge in [-0.05, 0) is 19.1 Å². The third-order valence-corrected chi connectivity index (χ3v) is 3.48. The summed E-state index contributed by atoms with van der Waals surface area (Å²) in [4.78, 5) is 5.42. The lowest BCUT2D eigenvalue weighted by Crippen LogP contribution is -2.02. The largest absolute Gasteiger partial charge is 0.497 e. The van der Waals surface area contributed by atoms with Crippen LogP contribution < -0.4 is 15.8 Å². The molecule has 4 nitrogen and oxygen atoms in total. The highest BCUT2D eigenvalue weighted by Crippen LogP contribution is 2.25. The van der Waals surface area contributed by atoms with Gasteiger partial charge in [-0.3, -0.25) is 0 Å². The standard InChI is InChI=1S/C12H15N3OS/c1-8-12(17-7-15-8)6-14-11-5-9(16-2)3-4-10(11)13/h3-5,7,14H,6,13H2,1-2H3. The van der Waals surface area contributed by atoms with Gasteiger partial charge < -0.3 is 15.8 Å². The molecule has 0 aliphatic heterocycles. The zero-order valence-corrected chi connectivity index (χ0v) is 10.7. The quantitative estimate of drug-likeness (QED) is 0.818. The van der Waals surface area contributed by atoms with E-state index >= 15 is 0 Å². The maximum absolute atomic E-state index is 5.89. The predicted octanol–water partition coefficient (Wildman–Crippen LogP) is 2.65. The van der Waals surface area contributed by atoms with E-state index in [0.29, 0.717) is 5.69 Å². The lowest BCUT2D eigenvalue weighted by Gasteiger charge is -2.10.